The molecule has 5 aromatic rings. The summed E-state index contributed by atoms with van der Waals surface area (Å²) in [5, 5.41) is 35.9. The number of hydrogen-bond acceptors (Lipinski definition) is 11. The topological polar surface area (TPSA) is 161 Å². The number of aryl methyl sites for hydroxylation is 1. The van der Waals surface area contributed by atoms with Gasteiger partial charge in [0.15, 0.2) is 22.9 Å². The van der Waals surface area contributed by atoms with Gasteiger partial charge in [-0.05, 0) is 90.4 Å². The number of hydrogen-bond donors (Lipinski definition) is 2. The molecule has 1 spiro atoms. The van der Waals surface area contributed by atoms with Gasteiger partial charge in [-0.15, -0.1) is 11.3 Å². The van der Waals surface area contributed by atoms with Gasteiger partial charge >= 0.3 is 0 Å². The van der Waals surface area contributed by atoms with E-state index >= 15 is 0 Å². The van der Waals surface area contributed by atoms with Gasteiger partial charge in [0, 0.05) is 28.9 Å². The van der Waals surface area contributed by atoms with Crippen molar-refractivity contribution < 1.29 is 9.63 Å². The lowest BCUT2D eigenvalue weighted by Gasteiger charge is -2.39. The fourth-order valence-corrected chi connectivity index (χ4v) is 9.46. The van der Waals surface area contributed by atoms with Crippen LogP contribution in [0.2, 0.25) is 0 Å². The lowest BCUT2D eigenvalue weighted by Crippen LogP contribution is -2.35. The van der Waals surface area contributed by atoms with E-state index in [0.717, 1.165) is 85.8 Å². The SMILES string of the molecule is C[C@@H](O)Cn1ccc(-c2nn([C@@H](C)[C@@H]3CCCN3C)c3nc(-c4noc5c4CCC[C@@]54CCCc5sc(N)c(C#N)c54)ncc23)n1. The van der Waals surface area contributed by atoms with Crippen LogP contribution in [-0.2, 0) is 24.8 Å². The van der Waals surface area contributed by atoms with Crippen LogP contribution in [-0.4, -0.2) is 70.4 Å². The van der Waals surface area contributed by atoms with Gasteiger partial charge in [0.25, 0.3) is 0 Å². The number of nitrogen functional groups attached to an aromatic ring is 1. The van der Waals surface area contributed by atoms with Crippen molar-refractivity contribution in [2.45, 2.75) is 95.4 Å². The molecular formula is C33H38N10O2S. The maximum absolute atomic E-state index is 10.1. The number of aliphatic hydroxyl groups excluding tert-OH is 1. The van der Waals surface area contributed by atoms with Crippen LogP contribution in [0.15, 0.2) is 23.0 Å². The third-order valence-corrected chi connectivity index (χ3v) is 11.5. The molecule has 6 heterocycles. The molecule has 2 aliphatic carbocycles. The predicted molar refractivity (Wildman–Crippen MR) is 174 cm³/mol. The van der Waals surface area contributed by atoms with E-state index in [1.807, 2.05) is 23.1 Å². The summed E-state index contributed by atoms with van der Waals surface area (Å²) in [6.45, 7) is 5.41. The van der Waals surface area contributed by atoms with Gasteiger partial charge < -0.3 is 20.3 Å². The molecule has 0 unspecified atom stereocenters. The largest absolute Gasteiger partial charge is 0.391 e. The monoisotopic (exact) mass is 638 g/mol. The van der Waals surface area contributed by atoms with Crippen molar-refractivity contribution in [1.29, 1.82) is 5.26 Å². The number of likely N-dealkylation sites (tertiary alicyclic amines) is 1. The van der Waals surface area contributed by atoms with Crippen molar-refractivity contribution in [2.24, 2.45) is 0 Å². The van der Waals surface area contributed by atoms with Gasteiger partial charge in [-0.3, -0.25) is 4.68 Å². The summed E-state index contributed by atoms with van der Waals surface area (Å²) in [4.78, 5) is 13.6. The predicted octanol–water partition coefficient (Wildman–Crippen LogP) is 4.85. The fraction of sp³-hybridized carbons (Fsp3) is 0.515. The molecule has 12 nitrogen and oxygen atoms in total. The lowest BCUT2D eigenvalue weighted by atomic mass is 9.63. The van der Waals surface area contributed by atoms with E-state index in [9.17, 15) is 10.4 Å². The molecule has 0 saturated carbocycles. The summed E-state index contributed by atoms with van der Waals surface area (Å²) < 4.78 is 10.0. The second-order valence-corrected chi connectivity index (χ2v) is 14.4. The normalized spacial score (nSPS) is 22.6. The van der Waals surface area contributed by atoms with Crippen LogP contribution in [0.1, 0.15) is 85.7 Å². The second-order valence-electron chi connectivity index (χ2n) is 13.3. The summed E-state index contributed by atoms with van der Waals surface area (Å²) in [7, 11) is 2.17. The number of thiophene rings is 1. The van der Waals surface area contributed by atoms with E-state index in [1.54, 1.807) is 22.9 Å². The number of likely N-dealkylation sites (N-methyl/N-ethyl adjacent to an activating group) is 1. The molecule has 0 bridgehead atoms. The van der Waals surface area contributed by atoms with E-state index < -0.39 is 11.5 Å². The van der Waals surface area contributed by atoms with E-state index in [1.165, 1.54) is 4.88 Å². The van der Waals surface area contributed by atoms with E-state index in [2.05, 4.69) is 30.1 Å². The number of nitrogens with zero attached hydrogens (tertiary/aromatic N) is 9. The third-order valence-electron chi connectivity index (χ3n) is 10.4. The number of fused-ring (bicyclic) bond motifs is 5. The van der Waals surface area contributed by atoms with Gasteiger partial charge in [0.1, 0.15) is 22.5 Å². The fourth-order valence-electron chi connectivity index (χ4n) is 8.30. The van der Waals surface area contributed by atoms with E-state index in [4.69, 9.17) is 30.4 Å². The summed E-state index contributed by atoms with van der Waals surface area (Å²) in [6, 6.07) is 4.72. The summed E-state index contributed by atoms with van der Waals surface area (Å²) in [5.74, 6) is 1.35. The minimum absolute atomic E-state index is 0.0645. The molecule has 238 valence electrons. The van der Waals surface area contributed by atoms with Crippen molar-refractivity contribution in [2.75, 3.05) is 19.3 Å². The minimum Gasteiger partial charge on any atom is -0.391 e. The molecule has 1 saturated heterocycles. The van der Waals surface area contributed by atoms with E-state index in [-0.39, 0.29) is 6.04 Å². The molecule has 46 heavy (non-hydrogen) atoms. The highest BCUT2D eigenvalue weighted by Gasteiger charge is 2.49. The van der Waals surface area contributed by atoms with Gasteiger partial charge in [-0.2, -0.15) is 15.5 Å². The Kier molecular flexibility index (Phi) is 7.00. The van der Waals surface area contributed by atoms with Gasteiger partial charge in [-0.1, -0.05) is 5.16 Å². The Labute approximate surface area is 270 Å². The zero-order valence-electron chi connectivity index (χ0n) is 26.4. The minimum atomic E-state index is -0.512. The van der Waals surface area contributed by atoms with Crippen LogP contribution in [0.25, 0.3) is 33.9 Å². The van der Waals surface area contributed by atoms with Gasteiger partial charge in [0.05, 0.1) is 35.1 Å². The van der Waals surface area contributed by atoms with Crippen LogP contribution in [0, 0.1) is 11.3 Å². The number of aliphatic hydroxyl groups is 1. The molecule has 4 atom stereocenters. The molecule has 3 aliphatic rings. The summed E-state index contributed by atoms with van der Waals surface area (Å²) in [5.41, 5.74) is 11.4. The molecule has 13 heteroatoms. The van der Waals surface area contributed by atoms with Crippen LogP contribution in [0.4, 0.5) is 5.00 Å². The Morgan fingerprint density at radius 2 is 2.02 bits per heavy atom. The molecule has 8 rings (SSSR count). The Morgan fingerprint density at radius 1 is 1.20 bits per heavy atom. The quantitative estimate of drug-likeness (QED) is 0.263. The highest BCUT2D eigenvalue weighted by atomic mass is 32.1. The van der Waals surface area contributed by atoms with E-state index in [0.29, 0.717) is 46.1 Å². The van der Waals surface area contributed by atoms with Crippen LogP contribution >= 0.6 is 11.3 Å². The molecule has 0 aromatic carbocycles. The van der Waals surface area contributed by atoms with Crippen molar-refractivity contribution in [3.05, 3.63) is 45.8 Å². The third kappa shape index (κ3) is 4.41. The Hall–Kier alpha value is -4.12. The number of aromatic nitrogens is 7. The molecular weight excluding hydrogens is 600 g/mol. The summed E-state index contributed by atoms with van der Waals surface area (Å²) in [6.07, 6.45) is 10.9. The first-order chi connectivity index (χ1) is 22.3. The van der Waals surface area contributed by atoms with Crippen molar-refractivity contribution in [3.63, 3.8) is 0 Å². The molecule has 0 radical (unpaired) electrons. The first kappa shape index (κ1) is 29.3. The van der Waals surface area contributed by atoms with Crippen LogP contribution < -0.4 is 5.73 Å². The van der Waals surface area contributed by atoms with Crippen molar-refractivity contribution in [3.8, 4) is 29.0 Å². The Balaban J connectivity index is 1.26. The highest BCUT2D eigenvalue weighted by Crippen LogP contribution is 2.55. The molecule has 3 N–H and O–H groups in total. The zero-order chi connectivity index (χ0) is 31.7. The first-order valence-electron chi connectivity index (χ1n) is 16.3. The second kappa shape index (κ2) is 11.0. The molecule has 1 aliphatic heterocycles. The smallest absolute Gasteiger partial charge is 0.184 e. The average molecular weight is 639 g/mol. The molecule has 1 fully saturated rings. The Morgan fingerprint density at radius 3 is 2.78 bits per heavy atom. The zero-order valence-corrected chi connectivity index (χ0v) is 27.2. The maximum atomic E-state index is 10.1. The van der Waals surface area contributed by atoms with Crippen LogP contribution in [0.5, 0.6) is 0 Å². The Bertz CT molecular complexity index is 1990. The van der Waals surface area contributed by atoms with Crippen molar-refractivity contribution in [1.82, 2.24) is 39.6 Å². The highest BCUT2D eigenvalue weighted by molar-refractivity contribution is 7.16. The standard InChI is InChI=1S/C33H38N10O2S/c1-18(44)17-42-14-10-23(38-42)27-22-16-36-31(37-32(22)43(39-27)19(2)24-8-6-13-41(24)3)28-20-7-4-11-33(29(20)45-40-28)12-5-9-25-26(33)21(15-34)30(35)46-25/h10,14,16,18-19,24,44H,4-9,11-13,17,35H2,1-3H3/t18-,19+,24+,33+/m1/s1. The molecule has 0 amide bonds. The summed E-state index contributed by atoms with van der Waals surface area (Å²) >= 11 is 1.54. The number of anilines is 1. The number of rotatable bonds is 6. The van der Waals surface area contributed by atoms with Crippen molar-refractivity contribution >= 4 is 27.4 Å². The van der Waals surface area contributed by atoms with Gasteiger partial charge in [-0.25, -0.2) is 14.6 Å². The maximum Gasteiger partial charge on any atom is 0.184 e. The average Bonchev–Trinajstić information content (AvgIpc) is 3.86. The first-order valence-corrected chi connectivity index (χ1v) is 17.1. The number of nitriles is 1. The number of nitrogens with two attached hydrogens (primary N) is 1. The lowest BCUT2D eigenvalue weighted by molar-refractivity contribution is 0.168. The molecule has 5 aromatic heterocycles. The van der Waals surface area contributed by atoms with Gasteiger partial charge in [0.2, 0.25) is 0 Å². The van der Waals surface area contributed by atoms with Crippen LogP contribution in [0.3, 0.4) is 0 Å².